The van der Waals surface area contributed by atoms with Crippen LogP contribution in [0.5, 0.6) is 5.75 Å². The van der Waals surface area contributed by atoms with E-state index in [4.69, 9.17) is 25.8 Å². The van der Waals surface area contributed by atoms with Crippen LogP contribution in [0.25, 0.3) is 0 Å². The van der Waals surface area contributed by atoms with Gasteiger partial charge in [-0.05, 0) is 73.7 Å². The van der Waals surface area contributed by atoms with Crippen molar-refractivity contribution in [3.63, 3.8) is 0 Å². The third-order valence-electron chi connectivity index (χ3n) is 6.51. The summed E-state index contributed by atoms with van der Waals surface area (Å²) in [4.78, 5) is 24.6. The highest BCUT2D eigenvalue weighted by atomic mass is 35.5. The minimum absolute atomic E-state index is 0.139. The van der Waals surface area contributed by atoms with Crippen molar-refractivity contribution in [2.75, 3.05) is 54.2 Å². The summed E-state index contributed by atoms with van der Waals surface area (Å²) in [7, 11) is 4.77. The molecule has 1 heterocycles. The number of carbonyl (C=O) groups is 2. The summed E-state index contributed by atoms with van der Waals surface area (Å²) < 4.78 is 21.9. The van der Waals surface area contributed by atoms with Crippen LogP contribution >= 0.6 is 11.6 Å². The maximum Gasteiger partial charge on any atom is 0.406 e. The molecule has 2 aromatic carbocycles. The van der Waals surface area contributed by atoms with Crippen molar-refractivity contribution in [3.8, 4) is 5.75 Å². The van der Waals surface area contributed by atoms with Gasteiger partial charge < -0.3 is 34.9 Å². The molecule has 0 aliphatic carbocycles. The van der Waals surface area contributed by atoms with Crippen molar-refractivity contribution in [2.45, 2.75) is 31.4 Å². The second-order valence-corrected chi connectivity index (χ2v) is 9.67. The molecular weight excluding hydrogens is 510 g/mol. The Labute approximate surface area is 229 Å². The molecule has 2 aromatic rings. The molecule has 1 fully saturated rings. The Kier molecular flexibility index (Phi) is 12.1. The van der Waals surface area contributed by atoms with Crippen molar-refractivity contribution in [2.24, 2.45) is 5.92 Å². The van der Waals surface area contributed by atoms with E-state index >= 15 is 0 Å². The number of likely N-dealkylation sites (N-methyl/N-ethyl adjacent to an activating group) is 1. The van der Waals surface area contributed by atoms with Crippen molar-refractivity contribution >= 4 is 23.6 Å². The fourth-order valence-corrected chi connectivity index (χ4v) is 4.69. The summed E-state index contributed by atoms with van der Waals surface area (Å²) >= 11 is 6.26. The summed E-state index contributed by atoms with van der Waals surface area (Å²) in [6.45, 7) is 2.55. The Hall–Kier alpha value is -2.85. The molecule has 208 valence electrons. The van der Waals surface area contributed by atoms with E-state index in [2.05, 4.69) is 20.7 Å². The first-order valence-electron chi connectivity index (χ1n) is 12.8. The van der Waals surface area contributed by atoms with Gasteiger partial charge >= 0.3 is 6.09 Å². The number of halogens is 1. The standard InChI is InChI=1S/C28H38ClN3O6/c1-30-24(12-19-6-5-10-37-18-19)17-32-27(33)22-13-21(15-25(16-22)35-2)26(20-7-4-8-23(29)14-20)38-11-9-31-28(34)36-3/h4,7-8,13-16,19,24,26,30H,5-6,9-12,17-18H2,1-3H3,(H,31,34)(H,32,33). The number of amides is 2. The number of carbonyl (C=O) groups excluding carboxylic acids is 2. The van der Waals surface area contributed by atoms with Crippen LogP contribution in [0.15, 0.2) is 42.5 Å². The minimum atomic E-state index is -0.550. The molecule has 0 radical (unpaired) electrons. The van der Waals surface area contributed by atoms with Crippen molar-refractivity contribution in [1.82, 2.24) is 16.0 Å². The van der Waals surface area contributed by atoms with Crippen LogP contribution in [-0.2, 0) is 14.2 Å². The van der Waals surface area contributed by atoms with E-state index in [1.165, 1.54) is 7.11 Å². The van der Waals surface area contributed by atoms with E-state index in [9.17, 15) is 9.59 Å². The molecular formula is C28H38ClN3O6. The van der Waals surface area contributed by atoms with Gasteiger partial charge in [0.25, 0.3) is 5.91 Å². The number of alkyl carbamates (subject to hydrolysis) is 1. The summed E-state index contributed by atoms with van der Waals surface area (Å²) in [6.07, 6.45) is 2.07. The monoisotopic (exact) mass is 547 g/mol. The molecule has 3 unspecified atom stereocenters. The minimum Gasteiger partial charge on any atom is -0.497 e. The summed E-state index contributed by atoms with van der Waals surface area (Å²) in [6, 6.07) is 12.8. The third-order valence-corrected chi connectivity index (χ3v) is 6.75. The molecule has 10 heteroatoms. The molecule has 38 heavy (non-hydrogen) atoms. The second-order valence-electron chi connectivity index (χ2n) is 9.23. The van der Waals surface area contributed by atoms with Crippen LogP contribution in [0, 0.1) is 5.92 Å². The average Bonchev–Trinajstić information content (AvgIpc) is 2.95. The quantitative estimate of drug-likeness (QED) is 0.326. The van der Waals surface area contributed by atoms with Crippen LogP contribution in [0.4, 0.5) is 4.79 Å². The molecule has 0 bridgehead atoms. The molecule has 0 aromatic heterocycles. The lowest BCUT2D eigenvalue weighted by molar-refractivity contribution is 0.0478. The summed E-state index contributed by atoms with van der Waals surface area (Å²) in [5, 5.41) is 9.53. The molecule has 1 saturated heterocycles. The van der Waals surface area contributed by atoms with Gasteiger partial charge in [-0.15, -0.1) is 0 Å². The van der Waals surface area contributed by atoms with Crippen LogP contribution in [-0.4, -0.2) is 72.2 Å². The largest absolute Gasteiger partial charge is 0.497 e. The molecule has 0 spiro atoms. The summed E-state index contributed by atoms with van der Waals surface area (Å²) in [5.41, 5.74) is 1.98. The molecule has 3 N–H and O–H groups in total. The van der Waals surface area contributed by atoms with Gasteiger partial charge in [0.1, 0.15) is 11.9 Å². The lowest BCUT2D eigenvalue weighted by atomic mass is 9.94. The van der Waals surface area contributed by atoms with Crippen molar-refractivity contribution in [3.05, 3.63) is 64.2 Å². The topological polar surface area (TPSA) is 107 Å². The Morgan fingerprint density at radius 2 is 1.97 bits per heavy atom. The molecule has 1 aliphatic rings. The number of benzene rings is 2. The highest BCUT2D eigenvalue weighted by Gasteiger charge is 2.22. The molecule has 3 rings (SSSR count). The van der Waals surface area contributed by atoms with Crippen LogP contribution in [0.1, 0.15) is 46.9 Å². The van der Waals surface area contributed by atoms with Crippen LogP contribution in [0.3, 0.4) is 0 Å². The molecule has 9 nitrogen and oxygen atoms in total. The fraction of sp³-hybridized carbons (Fsp3) is 0.500. The summed E-state index contributed by atoms with van der Waals surface area (Å²) in [5.74, 6) is 0.814. The Morgan fingerprint density at radius 3 is 2.66 bits per heavy atom. The highest BCUT2D eigenvalue weighted by Crippen LogP contribution is 2.31. The van der Waals surface area contributed by atoms with Gasteiger partial charge in [-0.3, -0.25) is 4.79 Å². The number of hydrogen-bond donors (Lipinski definition) is 3. The lowest BCUT2D eigenvalue weighted by Gasteiger charge is -2.26. The second kappa shape index (κ2) is 15.5. The normalized spacial score (nSPS) is 16.8. The number of nitrogens with one attached hydrogen (secondary N) is 3. The first kappa shape index (κ1) is 29.7. The number of hydrogen-bond acceptors (Lipinski definition) is 7. The van der Waals surface area contributed by atoms with Gasteiger partial charge in [-0.1, -0.05) is 23.7 Å². The van der Waals surface area contributed by atoms with Crippen LogP contribution < -0.4 is 20.7 Å². The molecule has 2 amide bonds. The first-order chi connectivity index (χ1) is 18.4. The predicted molar refractivity (Wildman–Crippen MR) is 146 cm³/mol. The van der Waals surface area contributed by atoms with E-state index in [1.807, 2.05) is 31.3 Å². The van der Waals surface area contributed by atoms with E-state index in [0.717, 1.165) is 43.6 Å². The molecule has 3 atom stereocenters. The molecule has 1 aliphatic heterocycles. The Bertz CT molecular complexity index is 1050. The van der Waals surface area contributed by atoms with Gasteiger partial charge in [-0.25, -0.2) is 4.79 Å². The van der Waals surface area contributed by atoms with E-state index in [1.54, 1.807) is 25.3 Å². The van der Waals surface area contributed by atoms with E-state index < -0.39 is 12.2 Å². The maximum absolute atomic E-state index is 13.2. The number of ether oxygens (including phenoxy) is 4. The van der Waals surface area contributed by atoms with E-state index in [-0.39, 0.29) is 25.1 Å². The zero-order valence-electron chi connectivity index (χ0n) is 22.3. The first-order valence-corrected chi connectivity index (χ1v) is 13.2. The smallest absolute Gasteiger partial charge is 0.406 e. The van der Waals surface area contributed by atoms with Gasteiger partial charge in [-0.2, -0.15) is 0 Å². The Balaban J connectivity index is 1.75. The highest BCUT2D eigenvalue weighted by molar-refractivity contribution is 6.30. The molecule has 0 saturated carbocycles. The van der Waals surface area contributed by atoms with Gasteiger partial charge in [0.05, 0.1) is 20.8 Å². The SMILES string of the molecule is CNC(CNC(=O)c1cc(OC)cc(C(OCCNC(=O)OC)c2cccc(Cl)c2)c1)CC1CCCOC1. The Morgan fingerprint density at radius 1 is 1.13 bits per heavy atom. The van der Waals surface area contributed by atoms with Crippen LogP contribution in [0.2, 0.25) is 5.02 Å². The van der Waals surface area contributed by atoms with Crippen molar-refractivity contribution in [1.29, 1.82) is 0 Å². The predicted octanol–water partition coefficient (Wildman–Crippen LogP) is 3.95. The zero-order valence-corrected chi connectivity index (χ0v) is 23.0. The maximum atomic E-state index is 13.2. The third kappa shape index (κ3) is 9.16. The van der Waals surface area contributed by atoms with Crippen molar-refractivity contribution < 1.29 is 28.5 Å². The van der Waals surface area contributed by atoms with E-state index in [0.29, 0.717) is 28.8 Å². The number of methoxy groups -OCH3 is 2. The van der Waals surface area contributed by atoms with Gasteiger partial charge in [0.2, 0.25) is 0 Å². The van der Waals surface area contributed by atoms with Gasteiger partial charge in [0.15, 0.2) is 0 Å². The van der Waals surface area contributed by atoms with Gasteiger partial charge in [0, 0.05) is 42.9 Å². The zero-order chi connectivity index (χ0) is 27.3. The average molecular weight is 548 g/mol. The lowest BCUT2D eigenvalue weighted by Crippen LogP contribution is -2.41. The number of rotatable bonds is 13. The fourth-order valence-electron chi connectivity index (χ4n) is 4.50.